The van der Waals surface area contributed by atoms with Gasteiger partial charge in [0, 0.05) is 13.2 Å². The van der Waals surface area contributed by atoms with Crippen molar-refractivity contribution >= 4 is 0 Å². The summed E-state index contributed by atoms with van der Waals surface area (Å²) in [6.07, 6.45) is 1.52. The second-order valence-electron chi connectivity index (χ2n) is 4.52. The zero-order valence-electron chi connectivity index (χ0n) is 9.43. The summed E-state index contributed by atoms with van der Waals surface area (Å²) in [6.45, 7) is -0.239. The lowest BCUT2D eigenvalue weighted by atomic mass is 9.90. The number of alkyl halides is 3. The number of hydrogen-bond donors (Lipinski definition) is 1. The molecule has 0 aromatic heterocycles. The van der Waals surface area contributed by atoms with Gasteiger partial charge < -0.3 is 10.5 Å². The summed E-state index contributed by atoms with van der Waals surface area (Å²) >= 11 is 0. The zero-order valence-corrected chi connectivity index (χ0v) is 9.43. The summed E-state index contributed by atoms with van der Waals surface area (Å²) in [4.78, 5) is 0. The van der Waals surface area contributed by atoms with E-state index in [9.17, 15) is 13.2 Å². The van der Waals surface area contributed by atoms with Crippen LogP contribution >= 0.6 is 0 Å². The molecule has 0 aromatic carbocycles. The zero-order chi connectivity index (χ0) is 12.0. The highest BCUT2D eigenvalue weighted by Gasteiger charge is 2.38. The van der Waals surface area contributed by atoms with Crippen molar-refractivity contribution in [1.82, 2.24) is 0 Å². The van der Waals surface area contributed by atoms with Crippen molar-refractivity contribution in [2.75, 3.05) is 19.8 Å². The largest absolute Gasteiger partial charge is 0.395 e. The molecule has 1 saturated carbocycles. The highest BCUT2D eigenvalue weighted by Crippen LogP contribution is 2.27. The Balaban J connectivity index is 2.17. The normalized spacial score (nSPS) is 21.0. The van der Waals surface area contributed by atoms with Crippen molar-refractivity contribution in [3.63, 3.8) is 0 Å². The Bertz CT molecular complexity index is 190. The first kappa shape index (κ1) is 13.8. The van der Waals surface area contributed by atoms with Gasteiger partial charge >= 0.3 is 6.18 Å². The molecule has 0 spiro atoms. The molecule has 16 heavy (non-hydrogen) atoms. The van der Waals surface area contributed by atoms with E-state index in [1.165, 1.54) is 19.3 Å². The molecule has 0 aromatic rings. The summed E-state index contributed by atoms with van der Waals surface area (Å²) < 4.78 is 42.1. The maximum Gasteiger partial charge on any atom is 0.395 e. The number of rotatable bonds is 5. The van der Waals surface area contributed by atoms with E-state index in [-0.39, 0.29) is 6.61 Å². The second kappa shape index (κ2) is 6.45. The number of ether oxygens (including phenoxy) is 1. The van der Waals surface area contributed by atoms with E-state index in [0.717, 1.165) is 12.8 Å². The third-order valence-corrected chi connectivity index (χ3v) is 3.14. The second-order valence-corrected chi connectivity index (χ2v) is 4.52. The van der Waals surface area contributed by atoms with E-state index in [4.69, 9.17) is 10.5 Å². The number of hydrogen-bond acceptors (Lipinski definition) is 2. The maximum absolute atomic E-state index is 12.3. The van der Waals surface area contributed by atoms with E-state index in [1.54, 1.807) is 0 Å². The van der Waals surface area contributed by atoms with Gasteiger partial charge in [0.2, 0.25) is 0 Å². The molecular formula is C11H20F3NO. The Morgan fingerprint density at radius 2 is 1.81 bits per heavy atom. The fourth-order valence-electron chi connectivity index (χ4n) is 2.03. The molecule has 1 unspecified atom stereocenters. The van der Waals surface area contributed by atoms with Crippen LogP contribution in [0.25, 0.3) is 0 Å². The Hall–Kier alpha value is -0.290. The Labute approximate surface area is 94.3 Å². The lowest BCUT2D eigenvalue weighted by molar-refractivity contribution is -0.186. The van der Waals surface area contributed by atoms with E-state index < -0.39 is 18.6 Å². The molecular weight excluding hydrogens is 219 g/mol. The fraction of sp³-hybridized carbons (Fsp3) is 1.00. The standard InChI is InChI=1S/C11H20F3NO/c12-11(13,14)10(6-15)8-16-7-9-4-2-1-3-5-9/h9-10H,1-8,15H2. The number of nitrogens with two attached hydrogens (primary N) is 1. The summed E-state index contributed by atoms with van der Waals surface area (Å²) in [6, 6.07) is 0. The van der Waals surface area contributed by atoms with E-state index in [1.807, 2.05) is 0 Å². The Morgan fingerprint density at radius 3 is 2.31 bits per heavy atom. The topological polar surface area (TPSA) is 35.2 Å². The van der Waals surface area contributed by atoms with Crippen LogP contribution in [0.5, 0.6) is 0 Å². The van der Waals surface area contributed by atoms with Gasteiger partial charge in [0.05, 0.1) is 12.5 Å². The predicted molar refractivity (Wildman–Crippen MR) is 56.0 cm³/mol. The van der Waals surface area contributed by atoms with Crippen molar-refractivity contribution in [3.05, 3.63) is 0 Å². The minimum Gasteiger partial charge on any atom is -0.380 e. The molecule has 0 radical (unpaired) electrons. The van der Waals surface area contributed by atoms with Gasteiger partial charge in [-0.3, -0.25) is 0 Å². The van der Waals surface area contributed by atoms with Crippen LogP contribution in [-0.2, 0) is 4.74 Å². The number of halogens is 3. The van der Waals surface area contributed by atoms with E-state index in [0.29, 0.717) is 12.5 Å². The van der Waals surface area contributed by atoms with Crippen LogP contribution in [-0.4, -0.2) is 25.9 Å². The average Bonchev–Trinajstić information content (AvgIpc) is 2.24. The molecule has 0 bridgehead atoms. The third kappa shape index (κ3) is 4.70. The molecule has 2 nitrogen and oxygen atoms in total. The first-order valence-electron chi connectivity index (χ1n) is 5.88. The van der Waals surface area contributed by atoms with Gasteiger partial charge in [-0.05, 0) is 18.8 Å². The molecule has 1 aliphatic rings. The van der Waals surface area contributed by atoms with Crippen LogP contribution in [0.4, 0.5) is 13.2 Å². The SMILES string of the molecule is NCC(COCC1CCCCC1)C(F)(F)F. The molecule has 2 N–H and O–H groups in total. The van der Waals surface area contributed by atoms with Crippen molar-refractivity contribution in [2.24, 2.45) is 17.6 Å². The quantitative estimate of drug-likeness (QED) is 0.800. The molecule has 1 aliphatic carbocycles. The average molecular weight is 239 g/mol. The summed E-state index contributed by atoms with van der Waals surface area (Å²) in [5.74, 6) is -1.07. The monoisotopic (exact) mass is 239 g/mol. The first-order chi connectivity index (χ1) is 7.54. The highest BCUT2D eigenvalue weighted by atomic mass is 19.4. The minimum atomic E-state index is -4.23. The minimum absolute atomic E-state index is 0.295. The predicted octanol–water partition coefficient (Wildman–Crippen LogP) is 2.72. The van der Waals surface area contributed by atoms with Crippen LogP contribution in [0.1, 0.15) is 32.1 Å². The van der Waals surface area contributed by atoms with Crippen LogP contribution < -0.4 is 5.73 Å². The van der Waals surface area contributed by atoms with E-state index in [2.05, 4.69) is 0 Å². The Kier molecular flexibility index (Phi) is 5.55. The smallest absolute Gasteiger partial charge is 0.380 e. The fourth-order valence-corrected chi connectivity index (χ4v) is 2.03. The van der Waals surface area contributed by atoms with Crippen molar-refractivity contribution < 1.29 is 17.9 Å². The molecule has 96 valence electrons. The van der Waals surface area contributed by atoms with Crippen LogP contribution in [0.3, 0.4) is 0 Å². The molecule has 0 saturated heterocycles. The van der Waals surface area contributed by atoms with Gasteiger partial charge in [-0.2, -0.15) is 13.2 Å². The van der Waals surface area contributed by atoms with Crippen molar-refractivity contribution in [1.29, 1.82) is 0 Å². The lowest BCUT2D eigenvalue weighted by Gasteiger charge is -2.23. The molecule has 0 heterocycles. The van der Waals surface area contributed by atoms with E-state index >= 15 is 0 Å². The first-order valence-corrected chi connectivity index (χ1v) is 5.88. The van der Waals surface area contributed by atoms with Gasteiger partial charge in [0.1, 0.15) is 0 Å². The van der Waals surface area contributed by atoms with Crippen molar-refractivity contribution in [3.8, 4) is 0 Å². The molecule has 5 heteroatoms. The summed E-state index contributed by atoms with van der Waals surface area (Å²) in [7, 11) is 0. The highest BCUT2D eigenvalue weighted by molar-refractivity contribution is 4.69. The van der Waals surface area contributed by atoms with Gasteiger partial charge in [0.25, 0.3) is 0 Å². The lowest BCUT2D eigenvalue weighted by Crippen LogP contribution is -2.34. The van der Waals surface area contributed by atoms with Gasteiger partial charge in [-0.15, -0.1) is 0 Å². The van der Waals surface area contributed by atoms with Crippen LogP contribution in [0.15, 0.2) is 0 Å². The van der Waals surface area contributed by atoms with Crippen LogP contribution in [0, 0.1) is 11.8 Å². The molecule has 1 atom stereocenters. The van der Waals surface area contributed by atoms with Crippen molar-refractivity contribution in [2.45, 2.75) is 38.3 Å². The molecule has 1 rings (SSSR count). The maximum atomic E-state index is 12.3. The van der Waals surface area contributed by atoms with Crippen LogP contribution in [0.2, 0.25) is 0 Å². The van der Waals surface area contributed by atoms with Gasteiger partial charge in [-0.1, -0.05) is 19.3 Å². The third-order valence-electron chi connectivity index (χ3n) is 3.14. The summed E-state index contributed by atoms with van der Waals surface area (Å²) in [5.41, 5.74) is 5.08. The molecule has 1 fully saturated rings. The van der Waals surface area contributed by atoms with Gasteiger partial charge in [0.15, 0.2) is 0 Å². The van der Waals surface area contributed by atoms with Gasteiger partial charge in [-0.25, -0.2) is 0 Å². The summed E-state index contributed by atoms with van der Waals surface area (Å²) in [5, 5.41) is 0. The molecule has 0 aliphatic heterocycles. The Morgan fingerprint density at radius 1 is 1.19 bits per heavy atom. The molecule has 0 amide bonds.